The topological polar surface area (TPSA) is 112 Å². The summed E-state index contributed by atoms with van der Waals surface area (Å²) in [7, 11) is -3.90. The Bertz CT molecular complexity index is 1160. The third-order valence-electron chi connectivity index (χ3n) is 4.51. The second-order valence-corrected chi connectivity index (χ2v) is 7.74. The van der Waals surface area contributed by atoms with Crippen molar-refractivity contribution in [2.75, 3.05) is 0 Å². The monoisotopic (exact) mass is 380 g/mol. The summed E-state index contributed by atoms with van der Waals surface area (Å²) in [6, 6.07) is 19.4. The minimum absolute atomic E-state index is 0.0971. The van der Waals surface area contributed by atoms with Gasteiger partial charge in [-0.2, -0.15) is 0 Å². The Morgan fingerprint density at radius 1 is 0.963 bits per heavy atom. The van der Waals surface area contributed by atoms with Crippen molar-refractivity contribution in [2.45, 2.75) is 11.0 Å². The SMILES string of the molecule is NC(=O)c1cccc(OC2C3=C(S(N)(=O)=O)C2=C(c2ccccc2)C=C3)c1. The summed E-state index contributed by atoms with van der Waals surface area (Å²) in [5.74, 6) is -0.148. The fraction of sp³-hybridized carbons (Fsp3) is 0.0500. The highest BCUT2D eigenvalue weighted by Gasteiger charge is 2.41. The second kappa shape index (κ2) is 6.22. The van der Waals surface area contributed by atoms with Crippen LogP contribution in [0.25, 0.3) is 11.1 Å². The first-order valence-electron chi connectivity index (χ1n) is 8.18. The molecule has 0 saturated heterocycles. The van der Waals surface area contributed by atoms with E-state index >= 15 is 0 Å². The van der Waals surface area contributed by atoms with Crippen molar-refractivity contribution in [3.63, 3.8) is 0 Å². The molecule has 2 bridgehead atoms. The molecule has 7 heteroatoms. The lowest BCUT2D eigenvalue weighted by Crippen LogP contribution is -2.30. The standard InChI is InChI=1S/C20H16N2O4S/c21-20(23)13-7-4-8-14(11-13)26-18-16-10-9-15(12-5-2-1-3-6-12)17(18)19(16)27(22,24)25/h1-11,18H,(H2,21,23)(H2,22,24,25). The van der Waals surface area contributed by atoms with E-state index in [0.29, 0.717) is 22.4 Å². The Hall–Kier alpha value is -3.16. The summed E-state index contributed by atoms with van der Waals surface area (Å²) >= 11 is 0. The van der Waals surface area contributed by atoms with Gasteiger partial charge in [-0.15, -0.1) is 0 Å². The predicted octanol–water partition coefficient (Wildman–Crippen LogP) is 2.58. The maximum absolute atomic E-state index is 12.1. The van der Waals surface area contributed by atoms with Crippen LogP contribution in [-0.2, 0) is 10.0 Å². The van der Waals surface area contributed by atoms with Crippen LogP contribution in [0.4, 0.5) is 0 Å². The molecule has 1 amide bonds. The number of primary amides is 1. The van der Waals surface area contributed by atoms with Crippen LogP contribution in [0.1, 0.15) is 27.6 Å². The quantitative estimate of drug-likeness (QED) is 0.708. The van der Waals surface area contributed by atoms with Gasteiger partial charge in [0.25, 0.3) is 0 Å². The summed E-state index contributed by atoms with van der Waals surface area (Å²) in [5, 5.41) is 5.42. The van der Waals surface area contributed by atoms with E-state index in [9.17, 15) is 13.2 Å². The van der Waals surface area contributed by atoms with Crippen LogP contribution in [0.15, 0.2) is 71.6 Å². The molecule has 2 aliphatic rings. The van der Waals surface area contributed by atoms with E-state index in [1.807, 2.05) is 36.4 Å². The molecule has 3 aromatic carbocycles. The van der Waals surface area contributed by atoms with Crippen molar-refractivity contribution in [3.8, 4) is 16.9 Å². The minimum Gasteiger partial charge on any atom is -0.481 e. The van der Waals surface area contributed by atoms with Crippen molar-refractivity contribution in [1.82, 2.24) is 0 Å². The Kier molecular flexibility index (Phi) is 3.98. The molecule has 3 aromatic rings. The van der Waals surface area contributed by atoms with Gasteiger partial charge in [0.05, 0.1) is 4.90 Å². The molecule has 0 saturated carbocycles. The summed E-state index contributed by atoms with van der Waals surface area (Å²) in [6.45, 7) is 0. The maximum atomic E-state index is 12.1. The van der Waals surface area contributed by atoms with E-state index in [0.717, 1.165) is 11.1 Å². The highest BCUT2D eigenvalue weighted by Crippen LogP contribution is 2.49. The fourth-order valence-corrected chi connectivity index (χ4v) is 4.36. The van der Waals surface area contributed by atoms with Gasteiger partial charge in [-0.3, -0.25) is 4.79 Å². The molecular weight excluding hydrogens is 364 g/mol. The van der Waals surface area contributed by atoms with Gasteiger partial charge in [-0.05, 0) is 29.3 Å². The van der Waals surface area contributed by atoms with Gasteiger partial charge in [0.1, 0.15) is 5.75 Å². The number of carbonyl (C=O) groups is 1. The Morgan fingerprint density at radius 2 is 1.70 bits per heavy atom. The van der Waals surface area contributed by atoms with E-state index < -0.39 is 22.0 Å². The van der Waals surface area contributed by atoms with Crippen molar-refractivity contribution in [1.29, 1.82) is 0 Å². The highest BCUT2D eigenvalue weighted by atomic mass is 32.2. The molecule has 1 unspecified atom stereocenters. The van der Waals surface area contributed by atoms with Gasteiger partial charge in [-0.25, -0.2) is 13.6 Å². The average molecular weight is 380 g/mol. The van der Waals surface area contributed by atoms with Crippen LogP contribution in [-0.4, -0.2) is 14.3 Å². The zero-order valence-electron chi connectivity index (χ0n) is 14.1. The Morgan fingerprint density at radius 3 is 2.37 bits per heavy atom. The molecule has 6 nitrogen and oxygen atoms in total. The van der Waals surface area contributed by atoms with Gasteiger partial charge in [-0.1, -0.05) is 48.5 Å². The zero-order valence-corrected chi connectivity index (χ0v) is 14.9. The smallest absolute Gasteiger partial charge is 0.248 e. The lowest BCUT2D eigenvalue weighted by atomic mass is 9.82. The first kappa shape index (κ1) is 17.3. The van der Waals surface area contributed by atoms with E-state index in [1.165, 1.54) is 6.07 Å². The number of nitrogens with two attached hydrogens (primary N) is 2. The summed E-state index contributed by atoms with van der Waals surface area (Å²) in [6.07, 6.45) is -0.582. The van der Waals surface area contributed by atoms with Crippen LogP contribution in [0.2, 0.25) is 0 Å². The summed E-state index contributed by atoms with van der Waals surface area (Å²) in [5.41, 5.74) is 8.24. The number of hydrogen-bond donors (Lipinski definition) is 2. The number of benzene rings is 3. The molecule has 2 aliphatic carbocycles. The number of sulfonamides is 1. The van der Waals surface area contributed by atoms with E-state index in [-0.39, 0.29) is 4.90 Å². The van der Waals surface area contributed by atoms with Crippen molar-refractivity contribution in [2.24, 2.45) is 10.9 Å². The van der Waals surface area contributed by atoms with Crippen molar-refractivity contribution >= 4 is 15.9 Å². The number of amides is 1. The Balaban J connectivity index is 1.79. The largest absolute Gasteiger partial charge is 0.481 e. The first-order valence-corrected chi connectivity index (χ1v) is 9.72. The van der Waals surface area contributed by atoms with Crippen LogP contribution in [0.5, 0.6) is 5.75 Å². The normalized spacial score (nSPS) is 15.1. The van der Waals surface area contributed by atoms with Gasteiger partial charge in [0, 0.05) is 16.7 Å². The van der Waals surface area contributed by atoms with Crippen LogP contribution in [0.3, 0.4) is 0 Å². The molecule has 0 radical (unpaired) electrons. The number of hydrogen-bond acceptors (Lipinski definition) is 4. The molecule has 5 rings (SSSR count). The average Bonchev–Trinajstić information content (AvgIpc) is 2.65. The zero-order chi connectivity index (χ0) is 19.2. The highest BCUT2D eigenvalue weighted by molar-refractivity contribution is 7.89. The molecule has 0 fully saturated rings. The second-order valence-electron chi connectivity index (χ2n) is 6.25. The predicted molar refractivity (Wildman–Crippen MR) is 101 cm³/mol. The summed E-state index contributed by atoms with van der Waals surface area (Å²) < 4.78 is 30.2. The Labute approximate surface area is 156 Å². The van der Waals surface area contributed by atoms with E-state index in [1.54, 1.807) is 24.3 Å². The van der Waals surface area contributed by atoms with E-state index in [2.05, 4.69) is 0 Å². The number of fused-ring (bicyclic) bond motifs is 2. The van der Waals surface area contributed by atoms with Gasteiger partial charge < -0.3 is 10.5 Å². The lowest BCUT2D eigenvalue weighted by Gasteiger charge is -2.34. The molecular formula is C20H16N2O4S. The van der Waals surface area contributed by atoms with Crippen LogP contribution in [0, 0.1) is 0 Å². The van der Waals surface area contributed by atoms with Crippen molar-refractivity contribution in [3.05, 3.63) is 83.4 Å². The number of rotatable bonds is 5. The molecule has 27 heavy (non-hydrogen) atoms. The molecule has 0 aromatic heterocycles. The maximum Gasteiger partial charge on any atom is 0.248 e. The van der Waals surface area contributed by atoms with Gasteiger partial charge in [0.15, 0.2) is 6.10 Å². The molecule has 0 aliphatic heterocycles. The minimum atomic E-state index is -3.90. The van der Waals surface area contributed by atoms with Gasteiger partial charge >= 0.3 is 0 Å². The lowest BCUT2D eigenvalue weighted by molar-refractivity contribution is 0.0999. The van der Waals surface area contributed by atoms with Gasteiger partial charge in [0.2, 0.25) is 15.9 Å². The number of carbonyl (C=O) groups excluding carboxylic acids is 1. The number of ether oxygens (including phenoxy) is 1. The molecule has 1 atom stereocenters. The summed E-state index contributed by atoms with van der Waals surface area (Å²) in [4.78, 5) is 11.5. The molecule has 4 N–H and O–H groups in total. The fourth-order valence-electron chi connectivity index (χ4n) is 3.33. The third kappa shape index (κ3) is 2.97. The molecule has 0 heterocycles. The van der Waals surface area contributed by atoms with Crippen LogP contribution >= 0.6 is 0 Å². The molecule has 136 valence electrons. The van der Waals surface area contributed by atoms with Crippen molar-refractivity contribution < 1.29 is 17.9 Å². The first-order chi connectivity index (χ1) is 12.9. The third-order valence-corrected chi connectivity index (χ3v) is 5.54. The molecule has 0 spiro atoms. The van der Waals surface area contributed by atoms with E-state index in [4.69, 9.17) is 15.6 Å². The number of primary sulfonamides is 1. The van der Waals surface area contributed by atoms with Crippen LogP contribution < -0.4 is 15.6 Å².